The van der Waals surface area contributed by atoms with Crippen LogP contribution in [-0.4, -0.2) is 30.6 Å². The summed E-state index contributed by atoms with van der Waals surface area (Å²) in [6.07, 6.45) is 1.53. The molecule has 4 rings (SSSR count). The van der Waals surface area contributed by atoms with Gasteiger partial charge in [-0.25, -0.2) is 0 Å². The van der Waals surface area contributed by atoms with Crippen LogP contribution < -0.4 is 5.32 Å². The molecule has 0 aliphatic heterocycles. The van der Waals surface area contributed by atoms with Crippen LogP contribution in [-0.2, 0) is 0 Å². The first-order chi connectivity index (χ1) is 13.5. The Morgan fingerprint density at radius 2 is 1.89 bits per heavy atom. The minimum absolute atomic E-state index is 0.0153. The molecule has 0 fully saturated rings. The van der Waals surface area contributed by atoms with E-state index in [9.17, 15) is 14.9 Å². The first-order valence-electron chi connectivity index (χ1n) is 8.35. The van der Waals surface area contributed by atoms with Crippen LogP contribution >= 0.6 is 0 Å². The Balaban J connectivity index is 1.52. The summed E-state index contributed by atoms with van der Waals surface area (Å²) < 4.78 is 1.59. The molecule has 0 aliphatic carbocycles. The van der Waals surface area contributed by atoms with Crippen LogP contribution in [0.5, 0.6) is 0 Å². The van der Waals surface area contributed by atoms with Gasteiger partial charge in [0.1, 0.15) is 6.33 Å². The van der Waals surface area contributed by atoms with E-state index in [1.165, 1.54) is 24.5 Å². The Morgan fingerprint density at radius 1 is 1.11 bits per heavy atom. The maximum Gasteiger partial charge on any atom is 0.272 e. The third kappa shape index (κ3) is 3.28. The molecule has 28 heavy (non-hydrogen) atoms. The summed E-state index contributed by atoms with van der Waals surface area (Å²) in [5, 5.41) is 25.8. The van der Waals surface area contributed by atoms with E-state index in [0.29, 0.717) is 22.5 Å². The number of hydrogen-bond donors (Lipinski definition) is 1. The zero-order valence-corrected chi connectivity index (χ0v) is 14.7. The minimum Gasteiger partial charge on any atom is -0.322 e. The van der Waals surface area contributed by atoms with Gasteiger partial charge in [0.05, 0.1) is 10.6 Å². The van der Waals surface area contributed by atoms with Crippen LogP contribution in [0.4, 0.5) is 11.4 Å². The van der Waals surface area contributed by atoms with Crippen molar-refractivity contribution in [1.29, 1.82) is 0 Å². The lowest BCUT2D eigenvalue weighted by atomic mass is 10.1. The van der Waals surface area contributed by atoms with Crippen molar-refractivity contribution in [2.24, 2.45) is 0 Å². The van der Waals surface area contributed by atoms with Gasteiger partial charge in [-0.1, -0.05) is 12.1 Å². The molecule has 0 saturated carbocycles. The monoisotopic (exact) mass is 374 g/mol. The Hall–Kier alpha value is -4.14. The fourth-order valence-corrected chi connectivity index (χ4v) is 2.81. The molecule has 138 valence electrons. The molecular formula is C19H14N6O3. The summed E-state index contributed by atoms with van der Waals surface area (Å²) in [6, 6.07) is 15.2. The molecule has 1 amide bonds. The number of carbonyl (C=O) groups excluding carboxylic acids is 1. The van der Waals surface area contributed by atoms with E-state index in [1.54, 1.807) is 23.6 Å². The first kappa shape index (κ1) is 17.3. The predicted octanol–water partition coefficient (Wildman–Crippen LogP) is 3.26. The van der Waals surface area contributed by atoms with E-state index >= 15 is 0 Å². The molecule has 1 N–H and O–H groups in total. The summed E-state index contributed by atoms with van der Waals surface area (Å²) in [6.45, 7) is 1.60. The van der Waals surface area contributed by atoms with Gasteiger partial charge in [0.15, 0.2) is 5.65 Å². The Labute approximate surface area is 158 Å². The molecule has 9 nitrogen and oxygen atoms in total. The standard InChI is InChI=1S/C19H14N6O3/c1-12-10-14(4-8-17(12)25(27)28)19(26)21-15-5-2-13(3-6-15)16-7-9-18-22-20-11-24(18)23-16/h2-11H,1H3,(H,21,26). The van der Waals surface area contributed by atoms with Gasteiger partial charge < -0.3 is 5.32 Å². The molecule has 0 spiro atoms. The third-order valence-corrected chi connectivity index (χ3v) is 4.26. The topological polar surface area (TPSA) is 115 Å². The van der Waals surface area contributed by atoms with E-state index in [-0.39, 0.29) is 11.6 Å². The third-order valence-electron chi connectivity index (χ3n) is 4.26. The molecule has 0 saturated heterocycles. The number of anilines is 1. The lowest BCUT2D eigenvalue weighted by Crippen LogP contribution is -2.12. The Bertz CT molecular complexity index is 1200. The van der Waals surface area contributed by atoms with Gasteiger partial charge in [-0.2, -0.15) is 9.61 Å². The van der Waals surface area contributed by atoms with Gasteiger partial charge in [0.25, 0.3) is 11.6 Å². The highest BCUT2D eigenvalue weighted by atomic mass is 16.6. The molecule has 0 radical (unpaired) electrons. The number of rotatable bonds is 4. The highest BCUT2D eigenvalue weighted by Gasteiger charge is 2.14. The number of nitro benzene ring substituents is 1. The fourth-order valence-electron chi connectivity index (χ4n) is 2.81. The summed E-state index contributed by atoms with van der Waals surface area (Å²) in [4.78, 5) is 22.8. The number of nitrogens with one attached hydrogen (secondary N) is 1. The van der Waals surface area contributed by atoms with Gasteiger partial charge in [-0.3, -0.25) is 14.9 Å². The van der Waals surface area contributed by atoms with E-state index in [1.807, 2.05) is 24.3 Å². The van der Waals surface area contributed by atoms with Crippen molar-refractivity contribution >= 4 is 22.9 Å². The van der Waals surface area contributed by atoms with Gasteiger partial charge in [-0.15, -0.1) is 10.2 Å². The zero-order chi connectivity index (χ0) is 19.7. The highest BCUT2D eigenvalue weighted by Crippen LogP contribution is 2.22. The van der Waals surface area contributed by atoms with Crippen molar-refractivity contribution in [3.05, 3.63) is 82.2 Å². The second-order valence-electron chi connectivity index (χ2n) is 6.14. The van der Waals surface area contributed by atoms with Gasteiger partial charge >= 0.3 is 0 Å². The number of nitro groups is 1. The van der Waals surface area contributed by atoms with E-state index in [0.717, 1.165) is 11.3 Å². The van der Waals surface area contributed by atoms with Crippen LogP contribution in [0.25, 0.3) is 16.9 Å². The molecule has 0 bridgehead atoms. The number of benzene rings is 2. The van der Waals surface area contributed by atoms with Gasteiger partial charge in [0.2, 0.25) is 0 Å². The van der Waals surface area contributed by atoms with Crippen LogP contribution in [0.1, 0.15) is 15.9 Å². The molecule has 0 aliphatic rings. The summed E-state index contributed by atoms with van der Waals surface area (Å²) in [5.74, 6) is -0.338. The summed E-state index contributed by atoms with van der Waals surface area (Å²) in [7, 11) is 0. The SMILES string of the molecule is Cc1cc(C(=O)Nc2ccc(-c3ccc4nncn4n3)cc2)ccc1[N+](=O)[O-]. The molecule has 9 heteroatoms. The van der Waals surface area contributed by atoms with Crippen LogP contribution in [0, 0.1) is 17.0 Å². The second kappa shape index (κ2) is 6.88. The Kier molecular flexibility index (Phi) is 4.24. The van der Waals surface area contributed by atoms with Crippen molar-refractivity contribution in [3.63, 3.8) is 0 Å². The smallest absolute Gasteiger partial charge is 0.272 e. The maximum atomic E-state index is 12.4. The number of amides is 1. The number of carbonyl (C=O) groups is 1. The molecular weight excluding hydrogens is 360 g/mol. The van der Waals surface area contributed by atoms with Crippen molar-refractivity contribution in [2.75, 3.05) is 5.32 Å². The van der Waals surface area contributed by atoms with Crippen molar-refractivity contribution in [1.82, 2.24) is 19.8 Å². The molecule has 2 heterocycles. The number of nitrogens with zero attached hydrogens (tertiary/aromatic N) is 5. The molecule has 4 aromatic rings. The van der Waals surface area contributed by atoms with E-state index in [4.69, 9.17) is 0 Å². The molecule has 2 aromatic carbocycles. The minimum atomic E-state index is -0.471. The second-order valence-corrected chi connectivity index (χ2v) is 6.14. The molecule has 2 aromatic heterocycles. The van der Waals surface area contributed by atoms with Crippen LogP contribution in [0.2, 0.25) is 0 Å². The number of hydrogen-bond acceptors (Lipinski definition) is 6. The normalized spacial score (nSPS) is 10.8. The van der Waals surface area contributed by atoms with Gasteiger partial charge in [0, 0.05) is 28.4 Å². The largest absolute Gasteiger partial charge is 0.322 e. The van der Waals surface area contributed by atoms with Crippen LogP contribution in [0.15, 0.2) is 60.9 Å². The Morgan fingerprint density at radius 3 is 2.61 bits per heavy atom. The summed E-state index contributed by atoms with van der Waals surface area (Å²) >= 11 is 0. The summed E-state index contributed by atoms with van der Waals surface area (Å²) in [5.41, 5.74) is 3.66. The molecule has 0 unspecified atom stereocenters. The predicted molar refractivity (Wildman–Crippen MR) is 102 cm³/mol. The van der Waals surface area contributed by atoms with Crippen LogP contribution in [0.3, 0.4) is 0 Å². The van der Waals surface area contributed by atoms with Gasteiger partial charge in [-0.05, 0) is 43.3 Å². The van der Waals surface area contributed by atoms with Crippen molar-refractivity contribution < 1.29 is 9.72 Å². The number of aromatic nitrogens is 4. The van der Waals surface area contributed by atoms with Crippen molar-refractivity contribution in [2.45, 2.75) is 6.92 Å². The average molecular weight is 374 g/mol. The highest BCUT2D eigenvalue weighted by molar-refractivity contribution is 6.04. The number of aryl methyl sites for hydroxylation is 1. The van der Waals surface area contributed by atoms with E-state index in [2.05, 4.69) is 20.6 Å². The average Bonchev–Trinajstić information content (AvgIpc) is 3.16. The van der Waals surface area contributed by atoms with E-state index < -0.39 is 4.92 Å². The zero-order valence-electron chi connectivity index (χ0n) is 14.7. The quantitative estimate of drug-likeness (QED) is 0.433. The molecule has 0 atom stereocenters. The lowest BCUT2D eigenvalue weighted by Gasteiger charge is -2.07. The van der Waals surface area contributed by atoms with Crippen molar-refractivity contribution in [3.8, 4) is 11.3 Å². The first-order valence-corrected chi connectivity index (χ1v) is 8.35. The number of fused-ring (bicyclic) bond motifs is 1. The maximum absolute atomic E-state index is 12.4. The lowest BCUT2D eigenvalue weighted by molar-refractivity contribution is -0.385. The fraction of sp³-hybridized carbons (Fsp3) is 0.0526.